The van der Waals surface area contributed by atoms with Crippen LogP contribution in [0.1, 0.15) is 18.9 Å². The number of hydrogen-bond donors (Lipinski definition) is 0. The van der Waals surface area contributed by atoms with Gasteiger partial charge >= 0.3 is 10.8 Å². The maximum Gasteiger partial charge on any atom is 0.308 e. The van der Waals surface area contributed by atoms with E-state index in [9.17, 15) is 9.59 Å². The van der Waals surface area contributed by atoms with Crippen LogP contribution in [0.25, 0.3) is 11.4 Å². The molecule has 0 aromatic carbocycles. The molecule has 0 radical (unpaired) electrons. The van der Waals surface area contributed by atoms with E-state index in [4.69, 9.17) is 4.74 Å². The molecule has 0 fully saturated rings. The molecule has 3 aromatic rings. The summed E-state index contributed by atoms with van der Waals surface area (Å²) in [7, 11) is 0. The standard InChI is InChI=1S/C20H22N4O3S/c1-2-27-19(25)8-11-23(13-16-6-5-9-21-12-16)15-24-18(14-28-20(24)26)17-7-3-4-10-22-17/h3-7,9-10,12,14H,2,8,11,13,15H2,1H3. The van der Waals surface area contributed by atoms with Crippen molar-refractivity contribution < 1.29 is 9.53 Å². The summed E-state index contributed by atoms with van der Waals surface area (Å²) in [6.45, 7) is 3.53. The molecule has 28 heavy (non-hydrogen) atoms. The van der Waals surface area contributed by atoms with Crippen molar-refractivity contribution in [1.29, 1.82) is 0 Å². The SMILES string of the molecule is CCOC(=O)CCN(Cc1cccnc1)Cn1c(-c2ccccn2)csc1=O. The fourth-order valence-corrected chi connectivity index (χ4v) is 3.55. The number of carbonyl (C=O) groups is 1. The number of aromatic nitrogens is 3. The van der Waals surface area contributed by atoms with Gasteiger partial charge in [-0.3, -0.25) is 29.0 Å². The van der Waals surface area contributed by atoms with E-state index >= 15 is 0 Å². The van der Waals surface area contributed by atoms with Crippen LogP contribution in [0, 0.1) is 0 Å². The zero-order valence-electron chi connectivity index (χ0n) is 15.7. The Hall–Kier alpha value is -2.84. The number of ether oxygens (including phenoxy) is 1. The lowest BCUT2D eigenvalue weighted by Gasteiger charge is -2.23. The van der Waals surface area contributed by atoms with E-state index in [2.05, 4.69) is 9.97 Å². The largest absolute Gasteiger partial charge is 0.466 e. The molecule has 0 aliphatic heterocycles. The first-order chi connectivity index (χ1) is 13.7. The summed E-state index contributed by atoms with van der Waals surface area (Å²) in [5.74, 6) is -0.249. The molecule has 3 aromatic heterocycles. The van der Waals surface area contributed by atoms with Gasteiger partial charge in [0, 0.05) is 37.1 Å². The molecule has 0 aliphatic rings. The maximum atomic E-state index is 12.5. The summed E-state index contributed by atoms with van der Waals surface area (Å²) in [5, 5.41) is 1.82. The molecular formula is C20H22N4O3S. The Morgan fingerprint density at radius 3 is 2.86 bits per heavy atom. The summed E-state index contributed by atoms with van der Waals surface area (Å²) in [5.41, 5.74) is 2.52. The van der Waals surface area contributed by atoms with Crippen LogP contribution in [-0.4, -0.2) is 38.6 Å². The molecule has 0 spiro atoms. The minimum Gasteiger partial charge on any atom is -0.466 e. The lowest BCUT2D eigenvalue weighted by Crippen LogP contribution is -2.32. The molecule has 0 bridgehead atoms. The Morgan fingerprint density at radius 1 is 1.25 bits per heavy atom. The third-order valence-corrected chi connectivity index (χ3v) is 4.88. The van der Waals surface area contributed by atoms with Crippen molar-refractivity contribution >= 4 is 17.3 Å². The molecule has 0 unspecified atom stereocenters. The highest BCUT2D eigenvalue weighted by molar-refractivity contribution is 7.07. The first-order valence-corrected chi connectivity index (χ1v) is 9.92. The van der Waals surface area contributed by atoms with Gasteiger partial charge in [0.05, 0.1) is 31.1 Å². The van der Waals surface area contributed by atoms with Crippen molar-refractivity contribution in [2.24, 2.45) is 0 Å². The van der Waals surface area contributed by atoms with Crippen molar-refractivity contribution in [2.75, 3.05) is 13.2 Å². The molecule has 0 aliphatic carbocycles. The Balaban J connectivity index is 1.82. The van der Waals surface area contributed by atoms with Crippen LogP contribution in [0.2, 0.25) is 0 Å². The van der Waals surface area contributed by atoms with Crippen LogP contribution in [0.5, 0.6) is 0 Å². The molecule has 8 heteroatoms. The van der Waals surface area contributed by atoms with E-state index < -0.39 is 0 Å². The summed E-state index contributed by atoms with van der Waals surface area (Å²) >= 11 is 1.14. The number of esters is 1. The minimum atomic E-state index is -0.249. The number of nitrogens with zero attached hydrogens (tertiary/aromatic N) is 4. The maximum absolute atomic E-state index is 12.5. The summed E-state index contributed by atoms with van der Waals surface area (Å²) in [4.78, 5) is 34.8. The van der Waals surface area contributed by atoms with Crippen LogP contribution in [0.3, 0.4) is 0 Å². The van der Waals surface area contributed by atoms with E-state index in [-0.39, 0.29) is 17.3 Å². The van der Waals surface area contributed by atoms with Crippen molar-refractivity contribution in [3.63, 3.8) is 0 Å². The molecule has 0 saturated carbocycles. The minimum absolute atomic E-state index is 0.0621. The number of thiazole rings is 1. The second-order valence-electron chi connectivity index (χ2n) is 6.14. The van der Waals surface area contributed by atoms with Gasteiger partial charge in [0.1, 0.15) is 0 Å². The second kappa shape index (κ2) is 9.91. The van der Waals surface area contributed by atoms with Gasteiger partial charge < -0.3 is 4.74 Å². The summed E-state index contributed by atoms with van der Waals surface area (Å²) < 4.78 is 6.73. The van der Waals surface area contributed by atoms with Gasteiger partial charge in [-0.25, -0.2) is 0 Å². The van der Waals surface area contributed by atoms with Gasteiger partial charge in [-0.05, 0) is 30.7 Å². The van der Waals surface area contributed by atoms with E-state index in [1.807, 2.05) is 40.6 Å². The van der Waals surface area contributed by atoms with Gasteiger partial charge in [-0.1, -0.05) is 23.5 Å². The summed E-state index contributed by atoms with van der Waals surface area (Å²) in [6, 6.07) is 9.45. The Bertz CT molecular complexity index is 941. The van der Waals surface area contributed by atoms with Crippen LogP contribution in [0.15, 0.2) is 59.1 Å². The van der Waals surface area contributed by atoms with E-state index in [1.54, 1.807) is 30.1 Å². The molecule has 7 nitrogen and oxygen atoms in total. The average Bonchev–Trinajstić information content (AvgIpc) is 3.08. The topological polar surface area (TPSA) is 77.3 Å². The van der Waals surface area contributed by atoms with E-state index in [0.29, 0.717) is 26.4 Å². The van der Waals surface area contributed by atoms with Crippen molar-refractivity contribution in [3.8, 4) is 11.4 Å². The third kappa shape index (κ3) is 5.34. The highest BCUT2D eigenvalue weighted by Gasteiger charge is 2.16. The van der Waals surface area contributed by atoms with Gasteiger partial charge in [0.15, 0.2) is 0 Å². The number of rotatable bonds is 9. The van der Waals surface area contributed by atoms with Crippen LogP contribution in [0.4, 0.5) is 0 Å². The lowest BCUT2D eigenvalue weighted by atomic mass is 10.2. The fraction of sp³-hybridized carbons (Fsp3) is 0.300. The predicted molar refractivity (Wildman–Crippen MR) is 108 cm³/mol. The zero-order chi connectivity index (χ0) is 19.8. The number of carbonyl (C=O) groups excluding carboxylic acids is 1. The van der Waals surface area contributed by atoms with E-state index in [0.717, 1.165) is 28.3 Å². The molecule has 0 amide bonds. The quantitative estimate of drug-likeness (QED) is 0.516. The zero-order valence-corrected chi connectivity index (χ0v) is 16.5. The van der Waals surface area contributed by atoms with Crippen LogP contribution in [-0.2, 0) is 22.7 Å². The van der Waals surface area contributed by atoms with E-state index in [1.165, 1.54) is 0 Å². The Kier molecular flexibility index (Phi) is 7.05. The highest BCUT2D eigenvalue weighted by atomic mass is 32.1. The monoisotopic (exact) mass is 398 g/mol. The average molecular weight is 398 g/mol. The van der Waals surface area contributed by atoms with Crippen LogP contribution < -0.4 is 4.87 Å². The third-order valence-electron chi connectivity index (χ3n) is 4.12. The Labute approximate surface area is 167 Å². The lowest BCUT2D eigenvalue weighted by molar-refractivity contribution is -0.143. The molecular weight excluding hydrogens is 376 g/mol. The normalized spacial score (nSPS) is 10.9. The van der Waals surface area contributed by atoms with Crippen molar-refractivity contribution in [1.82, 2.24) is 19.4 Å². The highest BCUT2D eigenvalue weighted by Crippen LogP contribution is 2.18. The fourth-order valence-electron chi connectivity index (χ4n) is 2.81. The number of pyridine rings is 2. The smallest absolute Gasteiger partial charge is 0.308 e. The van der Waals surface area contributed by atoms with Gasteiger partial charge in [0.2, 0.25) is 0 Å². The van der Waals surface area contributed by atoms with Gasteiger partial charge in [0.25, 0.3) is 0 Å². The molecule has 0 saturated heterocycles. The predicted octanol–water partition coefficient (Wildman–Crippen LogP) is 2.78. The molecule has 3 heterocycles. The summed E-state index contributed by atoms with van der Waals surface area (Å²) in [6.07, 6.45) is 5.46. The molecule has 146 valence electrons. The van der Waals surface area contributed by atoms with Gasteiger partial charge in [-0.2, -0.15) is 0 Å². The van der Waals surface area contributed by atoms with Crippen molar-refractivity contribution in [2.45, 2.75) is 26.6 Å². The molecule has 0 atom stereocenters. The first-order valence-electron chi connectivity index (χ1n) is 9.04. The Morgan fingerprint density at radius 2 is 2.14 bits per heavy atom. The second-order valence-corrected chi connectivity index (χ2v) is 6.96. The number of hydrogen-bond acceptors (Lipinski definition) is 7. The first kappa shape index (κ1) is 19.9. The molecule has 0 N–H and O–H groups in total. The molecule has 3 rings (SSSR count). The van der Waals surface area contributed by atoms with Crippen molar-refractivity contribution in [3.05, 3.63) is 69.5 Å². The van der Waals surface area contributed by atoms with Gasteiger partial charge in [-0.15, -0.1) is 0 Å². The van der Waals surface area contributed by atoms with Crippen LogP contribution >= 0.6 is 11.3 Å².